The zero-order valence-corrected chi connectivity index (χ0v) is 17.6. The van der Waals surface area contributed by atoms with Crippen LogP contribution >= 0.6 is 28.1 Å². The highest BCUT2D eigenvalue weighted by molar-refractivity contribution is 9.10. The summed E-state index contributed by atoms with van der Waals surface area (Å²) in [5, 5.41) is 6.10. The lowest BCUT2D eigenvalue weighted by Gasteiger charge is -2.15. The number of hydrogen-bond donors (Lipinski definition) is 2. The van der Waals surface area contributed by atoms with E-state index in [1.165, 1.54) is 0 Å². The number of nitrogens with one attached hydrogen (secondary N) is 2. The van der Waals surface area contributed by atoms with E-state index in [-0.39, 0.29) is 11.0 Å². The number of thiocarbonyl (C=S) groups is 1. The summed E-state index contributed by atoms with van der Waals surface area (Å²) in [7, 11) is 0. The second-order valence-electron chi connectivity index (χ2n) is 6.05. The molecule has 2 aromatic rings. The molecule has 0 saturated carbocycles. The molecular formula is C20H23BrN2O2S. The van der Waals surface area contributed by atoms with Gasteiger partial charge in [0.05, 0.1) is 6.61 Å². The number of unbranched alkanes of at least 4 members (excludes halogenated alkanes) is 1. The summed E-state index contributed by atoms with van der Waals surface area (Å²) < 4.78 is 6.65. The first-order valence-electron chi connectivity index (χ1n) is 8.52. The van der Waals surface area contributed by atoms with Crippen LogP contribution < -0.4 is 15.4 Å². The molecule has 0 aliphatic rings. The zero-order chi connectivity index (χ0) is 19.1. The van der Waals surface area contributed by atoms with Gasteiger partial charge < -0.3 is 10.1 Å². The molecule has 0 aliphatic heterocycles. The van der Waals surface area contributed by atoms with Gasteiger partial charge in [0.2, 0.25) is 0 Å². The summed E-state index contributed by atoms with van der Waals surface area (Å²) in [6.45, 7) is 6.73. The van der Waals surface area contributed by atoms with Gasteiger partial charge in [0.25, 0.3) is 5.91 Å². The van der Waals surface area contributed by atoms with Crippen LogP contribution in [0.15, 0.2) is 40.9 Å². The van der Waals surface area contributed by atoms with Crippen LogP contribution in [-0.2, 0) is 0 Å². The predicted octanol–water partition coefficient (Wildman–Crippen LogP) is 5.37. The first-order chi connectivity index (χ1) is 12.4. The standard InChI is InChI=1S/C20H23BrN2O2S/c1-4-5-9-25-17-8-6-7-15(12-17)19(24)23-20(26)22-18-13(2)10-16(21)11-14(18)3/h6-8,10-12H,4-5,9H2,1-3H3,(H2,22,23,24,26). The third-order valence-electron chi connectivity index (χ3n) is 3.83. The third kappa shape index (κ3) is 5.81. The van der Waals surface area contributed by atoms with E-state index in [0.29, 0.717) is 17.9 Å². The molecule has 0 bridgehead atoms. The van der Waals surface area contributed by atoms with E-state index < -0.39 is 0 Å². The number of carbonyl (C=O) groups excluding carboxylic acids is 1. The maximum atomic E-state index is 12.4. The highest BCUT2D eigenvalue weighted by atomic mass is 79.9. The average molecular weight is 435 g/mol. The van der Waals surface area contributed by atoms with Gasteiger partial charge in [-0.15, -0.1) is 0 Å². The third-order valence-corrected chi connectivity index (χ3v) is 4.49. The lowest BCUT2D eigenvalue weighted by Crippen LogP contribution is -2.34. The number of rotatable bonds is 6. The van der Waals surface area contributed by atoms with Crippen molar-refractivity contribution in [2.45, 2.75) is 33.6 Å². The van der Waals surface area contributed by atoms with Crippen molar-refractivity contribution in [1.82, 2.24) is 5.32 Å². The number of amides is 1. The van der Waals surface area contributed by atoms with Gasteiger partial charge in [-0.3, -0.25) is 10.1 Å². The Morgan fingerprint density at radius 3 is 2.54 bits per heavy atom. The topological polar surface area (TPSA) is 50.4 Å². The van der Waals surface area contributed by atoms with E-state index in [0.717, 1.165) is 34.1 Å². The Bertz CT molecular complexity index is 785. The summed E-state index contributed by atoms with van der Waals surface area (Å²) >= 11 is 8.77. The number of anilines is 1. The van der Waals surface area contributed by atoms with Crippen LogP contribution in [0.2, 0.25) is 0 Å². The van der Waals surface area contributed by atoms with E-state index in [2.05, 4.69) is 33.5 Å². The smallest absolute Gasteiger partial charge is 0.257 e. The van der Waals surface area contributed by atoms with Crippen LogP contribution in [0.25, 0.3) is 0 Å². The molecule has 0 aliphatic carbocycles. The number of benzene rings is 2. The number of halogens is 1. The fourth-order valence-electron chi connectivity index (χ4n) is 2.49. The fourth-order valence-corrected chi connectivity index (χ4v) is 3.37. The number of hydrogen-bond acceptors (Lipinski definition) is 3. The van der Waals surface area contributed by atoms with E-state index >= 15 is 0 Å². The molecule has 0 fully saturated rings. The highest BCUT2D eigenvalue weighted by Crippen LogP contribution is 2.25. The van der Waals surface area contributed by atoms with Crippen LogP contribution in [0.3, 0.4) is 0 Å². The van der Waals surface area contributed by atoms with Crippen molar-refractivity contribution >= 4 is 44.9 Å². The molecule has 1 amide bonds. The minimum atomic E-state index is -0.268. The Labute approximate surface area is 168 Å². The van der Waals surface area contributed by atoms with Crippen molar-refractivity contribution in [3.63, 3.8) is 0 Å². The van der Waals surface area contributed by atoms with Gasteiger partial charge in [-0.25, -0.2) is 0 Å². The van der Waals surface area contributed by atoms with Crippen molar-refractivity contribution in [2.24, 2.45) is 0 Å². The molecule has 0 unspecified atom stereocenters. The molecule has 0 saturated heterocycles. The van der Waals surface area contributed by atoms with Gasteiger partial charge in [0, 0.05) is 15.7 Å². The molecular weight excluding hydrogens is 412 g/mol. The first kappa shape index (κ1) is 20.4. The normalized spacial score (nSPS) is 10.3. The fraction of sp³-hybridized carbons (Fsp3) is 0.300. The van der Waals surface area contributed by atoms with Crippen LogP contribution in [0.5, 0.6) is 5.75 Å². The molecule has 2 aromatic carbocycles. The number of aryl methyl sites for hydroxylation is 2. The largest absolute Gasteiger partial charge is 0.494 e. The van der Waals surface area contributed by atoms with Crippen LogP contribution in [0, 0.1) is 13.8 Å². The van der Waals surface area contributed by atoms with Crippen LogP contribution in [0.4, 0.5) is 5.69 Å². The molecule has 0 radical (unpaired) electrons. The molecule has 4 nitrogen and oxygen atoms in total. The van der Waals surface area contributed by atoms with Crippen molar-refractivity contribution in [1.29, 1.82) is 0 Å². The molecule has 2 N–H and O–H groups in total. The van der Waals surface area contributed by atoms with Gasteiger partial charge in [-0.05, 0) is 73.9 Å². The molecule has 26 heavy (non-hydrogen) atoms. The summed E-state index contributed by atoms with van der Waals surface area (Å²) in [6, 6.07) is 11.1. The first-order valence-corrected chi connectivity index (χ1v) is 9.72. The van der Waals surface area contributed by atoms with Crippen LogP contribution in [-0.4, -0.2) is 17.6 Å². The molecule has 0 spiro atoms. The average Bonchev–Trinajstić information content (AvgIpc) is 2.58. The van der Waals surface area contributed by atoms with Crippen molar-refractivity contribution in [3.8, 4) is 5.75 Å². The molecule has 2 rings (SSSR count). The quantitative estimate of drug-likeness (QED) is 0.473. The Morgan fingerprint density at radius 1 is 1.19 bits per heavy atom. The van der Waals surface area contributed by atoms with Gasteiger partial charge in [0.15, 0.2) is 5.11 Å². The zero-order valence-electron chi connectivity index (χ0n) is 15.2. The number of ether oxygens (including phenoxy) is 1. The van der Waals surface area contributed by atoms with Crippen molar-refractivity contribution in [2.75, 3.05) is 11.9 Å². The highest BCUT2D eigenvalue weighted by Gasteiger charge is 2.11. The summed E-state index contributed by atoms with van der Waals surface area (Å²) in [5.74, 6) is 0.417. The van der Waals surface area contributed by atoms with E-state index in [9.17, 15) is 4.79 Å². The SMILES string of the molecule is CCCCOc1cccc(C(=O)NC(=S)Nc2c(C)cc(Br)cc2C)c1. The second-order valence-corrected chi connectivity index (χ2v) is 7.38. The monoisotopic (exact) mass is 434 g/mol. The predicted molar refractivity (Wildman–Crippen MR) is 114 cm³/mol. The summed E-state index contributed by atoms with van der Waals surface area (Å²) in [6.07, 6.45) is 2.05. The Hall–Kier alpha value is -1.92. The summed E-state index contributed by atoms with van der Waals surface area (Å²) in [5.41, 5.74) is 3.49. The van der Waals surface area contributed by atoms with E-state index in [4.69, 9.17) is 17.0 Å². The van der Waals surface area contributed by atoms with Gasteiger partial charge in [-0.1, -0.05) is 35.3 Å². The van der Waals surface area contributed by atoms with Crippen molar-refractivity contribution < 1.29 is 9.53 Å². The second kappa shape index (κ2) is 9.69. The maximum Gasteiger partial charge on any atom is 0.257 e. The molecule has 0 heterocycles. The lowest BCUT2D eigenvalue weighted by molar-refractivity contribution is 0.0977. The van der Waals surface area contributed by atoms with Crippen molar-refractivity contribution in [3.05, 3.63) is 57.6 Å². The lowest BCUT2D eigenvalue weighted by atomic mass is 10.1. The van der Waals surface area contributed by atoms with Gasteiger partial charge >= 0.3 is 0 Å². The molecule has 0 atom stereocenters. The number of carbonyl (C=O) groups is 1. The Balaban J connectivity index is 2.01. The van der Waals surface area contributed by atoms with Crippen LogP contribution in [0.1, 0.15) is 41.3 Å². The van der Waals surface area contributed by atoms with Gasteiger partial charge in [-0.2, -0.15) is 0 Å². The van der Waals surface area contributed by atoms with E-state index in [1.54, 1.807) is 18.2 Å². The minimum Gasteiger partial charge on any atom is -0.494 e. The molecule has 0 aromatic heterocycles. The van der Waals surface area contributed by atoms with E-state index in [1.807, 2.05) is 32.0 Å². The maximum absolute atomic E-state index is 12.4. The Kier molecular flexibility index (Phi) is 7.60. The van der Waals surface area contributed by atoms with Gasteiger partial charge in [0.1, 0.15) is 5.75 Å². The Morgan fingerprint density at radius 2 is 1.88 bits per heavy atom. The molecule has 138 valence electrons. The minimum absolute atomic E-state index is 0.265. The summed E-state index contributed by atoms with van der Waals surface area (Å²) in [4.78, 5) is 12.4. The molecule has 6 heteroatoms.